The van der Waals surface area contributed by atoms with Crippen molar-refractivity contribution in [3.63, 3.8) is 0 Å². The van der Waals surface area contributed by atoms with E-state index in [9.17, 15) is 0 Å². The number of nitrogens with two attached hydrogens (primary N) is 1. The summed E-state index contributed by atoms with van der Waals surface area (Å²) in [6.45, 7) is 4.21. The Bertz CT molecular complexity index is 590. The van der Waals surface area contributed by atoms with E-state index in [0.29, 0.717) is 12.3 Å². The predicted molar refractivity (Wildman–Crippen MR) is 77.5 cm³/mol. The van der Waals surface area contributed by atoms with Crippen LogP contribution in [0.3, 0.4) is 0 Å². The summed E-state index contributed by atoms with van der Waals surface area (Å²) >= 11 is 0. The molecule has 2 unspecified atom stereocenters. The highest BCUT2D eigenvalue weighted by atomic mass is 16.5. The molecule has 2 aromatic rings. The Kier molecular flexibility index (Phi) is 3.34. The highest BCUT2D eigenvalue weighted by Crippen LogP contribution is 2.38. The minimum Gasteiger partial charge on any atom is -0.339 e. The van der Waals surface area contributed by atoms with Crippen LogP contribution in [0.15, 0.2) is 28.8 Å². The number of benzene rings is 1. The lowest BCUT2D eigenvalue weighted by Gasteiger charge is -2.23. The molecule has 4 heteroatoms. The predicted octanol–water partition coefficient (Wildman–Crippen LogP) is 2.74. The first-order valence-electron chi connectivity index (χ1n) is 7.22. The van der Waals surface area contributed by atoms with Crippen LogP contribution in [0.5, 0.6) is 0 Å². The molecule has 0 aliphatic heterocycles. The van der Waals surface area contributed by atoms with Gasteiger partial charge in [0, 0.05) is 12.5 Å². The van der Waals surface area contributed by atoms with Crippen molar-refractivity contribution in [2.45, 2.75) is 51.0 Å². The molecule has 1 aromatic heterocycles. The highest BCUT2D eigenvalue weighted by molar-refractivity contribution is 5.24. The molecular formula is C16H21N3O. The Morgan fingerprint density at radius 3 is 2.75 bits per heavy atom. The van der Waals surface area contributed by atoms with Gasteiger partial charge >= 0.3 is 0 Å². The van der Waals surface area contributed by atoms with Crippen molar-refractivity contribution in [2.75, 3.05) is 0 Å². The fraction of sp³-hybridized carbons (Fsp3) is 0.500. The summed E-state index contributed by atoms with van der Waals surface area (Å²) in [7, 11) is 0. The van der Waals surface area contributed by atoms with Gasteiger partial charge in [0.1, 0.15) is 0 Å². The molecule has 0 spiro atoms. The van der Waals surface area contributed by atoms with Crippen LogP contribution in [0.2, 0.25) is 0 Å². The lowest BCUT2D eigenvalue weighted by molar-refractivity contribution is 0.276. The molecule has 1 aliphatic carbocycles. The van der Waals surface area contributed by atoms with Gasteiger partial charge in [-0.2, -0.15) is 4.98 Å². The zero-order chi connectivity index (χ0) is 14.2. The standard InChI is InChI=1S/C16H21N3O/c1-11-5-7-12(8-6-11)10-14-18-15(20-19-14)16(2)9-3-4-13(16)17/h5-8,13H,3-4,9-10,17H2,1-2H3. The maximum absolute atomic E-state index is 6.20. The Labute approximate surface area is 119 Å². The average molecular weight is 271 g/mol. The van der Waals surface area contributed by atoms with Crippen LogP contribution in [-0.4, -0.2) is 16.2 Å². The number of rotatable bonds is 3. The third-order valence-corrected chi connectivity index (χ3v) is 4.47. The Hall–Kier alpha value is -1.68. The normalized spacial score (nSPS) is 26.1. The fourth-order valence-corrected chi connectivity index (χ4v) is 2.90. The van der Waals surface area contributed by atoms with Gasteiger partial charge in [-0.3, -0.25) is 0 Å². The van der Waals surface area contributed by atoms with E-state index in [1.165, 1.54) is 11.1 Å². The van der Waals surface area contributed by atoms with Crippen LogP contribution in [0.25, 0.3) is 0 Å². The minimum absolute atomic E-state index is 0.121. The number of hydrogen-bond donors (Lipinski definition) is 1. The molecule has 1 fully saturated rings. The lowest BCUT2D eigenvalue weighted by atomic mass is 9.85. The minimum atomic E-state index is -0.154. The van der Waals surface area contributed by atoms with Crippen molar-refractivity contribution in [1.29, 1.82) is 0 Å². The zero-order valence-corrected chi connectivity index (χ0v) is 12.1. The van der Waals surface area contributed by atoms with Gasteiger partial charge in [0.2, 0.25) is 5.89 Å². The molecule has 0 radical (unpaired) electrons. The number of aromatic nitrogens is 2. The van der Waals surface area contributed by atoms with E-state index in [-0.39, 0.29) is 11.5 Å². The Balaban J connectivity index is 1.78. The SMILES string of the molecule is Cc1ccc(Cc2noc(C3(C)CCCC3N)n2)cc1. The maximum Gasteiger partial charge on any atom is 0.234 e. The van der Waals surface area contributed by atoms with E-state index in [0.717, 1.165) is 25.1 Å². The van der Waals surface area contributed by atoms with E-state index in [1.807, 2.05) is 0 Å². The van der Waals surface area contributed by atoms with E-state index in [4.69, 9.17) is 10.3 Å². The summed E-state index contributed by atoms with van der Waals surface area (Å²) in [4.78, 5) is 4.57. The molecule has 2 N–H and O–H groups in total. The lowest BCUT2D eigenvalue weighted by Crippen LogP contribution is -2.38. The van der Waals surface area contributed by atoms with Crippen molar-refractivity contribution in [2.24, 2.45) is 5.73 Å². The second kappa shape index (κ2) is 5.02. The molecular weight excluding hydrogens is 250 g/mol. The summed E-state index contributed by atoms with van der Waals surface area (Å²) in [5.41, 5.74) is 8.50. The van der Waals surface area contributed by atoms with E-state index in [2.05, 4.69) is 48.3 Å². The van der Waals surface area contributed by atoms with Gasteiger partial charge in [-0.25, -0.2) is 0 Å². The quantitative estimate of drug-likeness (QED) is 0.932. The average Bonchev–Trinajstić information content (AvgIpc) is 3.02. The molecule has 0 saturated heterocycles. The fourth-order valence-electron chi connectivity index (χ4n) is 2.90. The summed E-state index contributed by atoms with van der Waals surface area (Å²) in [5.74, 6) is 1.44. The van der Waals surface area contributed by atoms with Crippen LogP contribution in [0.4, 0.5) is 0 Å². The zero-order valence-electron chi connectivity index (χ0n) is 12.1. The first-order chi connectivity index (χ1) is 9.58. The molecule has 1 aliphatic rings. The molecule has 1 aromatic carbocycles. The van der Waals surface area contributed by atoms with Crippen molar-refractivity contribution < 1.29 is 4.52 Å². The summed E-state index contributed by atoms with van der Waals surface area (Å²) in [6.07, 6.45) is 3.90. The van der Waals surface area contributed by atoms with E-state index >= 15 is 0 Å². The van der Waals surface area contributed by atoms with Crippen molar-refractivity contribution >= 4 is 0 Å². The van der Waals surface area contributed by atoms with Crippen LogP contribution in [0, 0.1) is 6.92 Å². The van der Waals surface area contributed by atoms with Crippen LogP contribution in [0.1, 0.15) is 49.0 Å². The van der Waals surface area contributed by atoms with Crippen molar-refractivity contribution in [3.05, 3.63) is 47.1 Å². The smallest absolute Gasteiger partial charge is 0.234 e. The van der Waals surface area contributed by atoms with Crippen molar-refractivity contribution in [1.82, 2.24) is 10.1 Å². The molecule has 0 amide bonds. The van der Waals surface area contributed by atoms with Crippen LogP contribution < -0.4 is 5.73 Å². The van der Waals surface area contributed by atoms with Gasteiger partial charge in [0.15, 0.2) is 5.82 Å². The van der Waals surface area contributed by atoms with Gasteiger partial charge in [-0.1, -0.05) is 41.4 Å². The molecule has 3 rings (SSSR count). The molecule has 0 bridgehead atoms. The van der Waals surface area contributed by atoms with Gasteiger partial charge in [-0.15, -0.1) is 0 Å². The summed E-state index contributed by atoms with van der Waals surface area (Å²) in [5, 5.41) is 4.12. The molecule has 2 atom stereocenters. The van der Waals surface area contributed by atoms with Gasteiger partial charge in [0.05, 0.1) is 5.41 Å². The maximum atomic E-state index is 6.20. The second-order valence-corrected chi connectivity index (χ2v) is 6.09. The third-order valence-electron chi connectivity index (χ3n) is 4.47. The number of aryl methyl sites for hydroxylation is 1. The largest absolute Gasteiger partial charge is 0.339 e. The Morgan fingerprint density at radius 1 is 1.35 bits per heavy atom. The summed E-state index contributed by atoms with van der Waals surface area (Å²) in [6, 6.07) is 8.54. The van der Waals surface area contributed by atoms with Crippen molar-refractivity contribution in [3.8, 4) is 0 Å². The molecule has 1 saturated carbocycles. The van der Waals surface area contributed by atoms with E-state index in [1.54, 1.807) is 0 Å². The van der Waals surface area contributed by atoms with Gasteiger partial charge in [0.25, 0.3) is 0 Å². The molecule has 106 valence electrons. The number of nitrogens with zero attached hydrogens (tertiary/aromatic N) is 2. The van der Waals surface area contributed by atoms with Crippen LogP contribution in [-0.2, 0) is 11.8 Å². The molecule has 20 heavy (non-hydrogen) atoms. The second-order valence-electron chi connectivity index (χ2n) is 6.09. The Morgan fingerprint density at radius 2 is 2.10 bits per heavy atom. The topological polar surface area (TPSA) is 64.9 Å². The highest BCUT2D eigenvalue weighted by Gasteiger charge is 2.42. The monoisotopic (exact) mass is 271 g/mol. The van der Waals surface area contributed by atoms with Gasteiger partial charge in [-0.05, 0) is 32.3 Å². The van der Waals surface area contributed by atoms with Crippen LogP contribution >= 0.6 is 0 Å². The van der Waals surface area contributed by atoms with Gasteiger partial charge < -0.3 is 10.3 Å². The van der Waals surface area contributed by atoms with E-state index < -0.39 is 0 Å². The summed E-state index contributed by atoms with van der Waals surface area (Å²) < 4.78 is 5.48. The number of hydrogen-bond acceptors (Lipinski definition) is 4. The first kappa shape index (κ1) is 13.3. The first-order valence-corrected chi connectivity index (χ1v) is 7.22. The molecule has 4 nitrogen and oxygen atoms in total. The molecule has 1 heterocycles. The third kappa shape index (κ3) is 2.36.